The largest absolute Gasteiger partial charge is 0.497 e. The molecule has 152 valence electrons. The number of methoxy groups -OCH3 is 2. The molecule has 0 radical (unpaired) electrons. The molecular weight excluding hydrogens is 364 g/mol. The van der Waals surface area contributed by atoms with Gasteiger partial charge in [-0.1, -0.05) is 43.3 Å². The van der Waals surface area contributed by atoms with Gasteiger partial charge in [-0.3, -0.25) is 4.79 Å². The summed E-state index contributed by atoms with van der Waals surface area (Å²) in [5, 5.41) is 5.85. The van der Waals surface area contributed by atoms with Gasteiger partial charge in [-0.15, -0.1) is 0 Å². The number of carbonyl (C=O) groups excluding carboxylic acids is 1. The number of amides is 1. The van der Waals surface area contributed by atoms with E-state index < -0.39 is 0 Å². The maximum absolute atomic E-state index is 12.8. The third kappa shape index (κ3) is 4.45. The van der Waals surface area contributed by atoms with Crippen LogP contribution in [0.2, 0.25) is 0 Å². The second-order valence-corrected chi connectivity index (χ2v) is 7.32. The highest BCUT2D eigenvalue weighted by Crippen LogP contribution is 2.35. The Kier molecular flexibility index (Phi) is 6.27. The lowest BCUT2D eigenvalue weighted by Crippen LogP contribution is -2.34. The average Bonchev–Trinajstić information content (AvgIpc) is 2.76. The van der Waals surface area contributed by atoms with Crippen LogP contribution in [0, 0.1) is 5.92 Å². The summed E-state index contributed by atoms with van der Waals surface area (Å²) < 4.78 is 10.8. The van der Waals surface area contributed by atoms with Gasteiger partial charge in [0.15, 0.2) is 0 Å². The van der Waals surface area contributed by atoms with Crippen LogP contribution in [0.3, 0.4) is 0 Å². The summed E-state index contributed by atoms with van der Waals surface area (Å²) in [6, 6.07) is 19.9. The molecule has 0 saturated heterocycles. The van der Waals surface area contributed by atoms with E-state index in [9.17, 15) is 4.79 Å². The number of nitrogens with zero attached hydrogens (tertiary/aromatic N) is 1. The van der Waals surface area contributed by atoms with Crippen LogP contribution in [0.4, 0.5) is 5.69 Å². The molecule has 0 unspecified atom stereocenters. The van der Waals surface area contributed by atoms with E-state index in [2.05, 4.69) is 35.6 Å². The van der Waals surface area contributed by atoms with Crippen LogP contribution in [0.15, 0.2) is 60.7 Å². The lowest BCUT2D eigenvalue weighted by atomic mass is 9.91. The number of hydrogen-bond acceptors (Lipinski definition) is 4. The minimum absolute atomic E-state index is 0.0585. The molecule has 1 amide bonds. The standard InChI is InChI=1S/C24H28N2O3/c1-16(24(27)26(2)3)23(19-11-10-17-8-6-7-9-18(17)14-19)25-21-13-12-20(28-4)15-22(21)29-5/h6-16,23,25H,1-5H3/t16-,23+/m1/s1. The summed E-state index contributed by atoms with van der Waals surface area (Å²) in [6.45, 7) is 1.95. The quantitative estimate of drug-likeness (QED) is 0.631. The van der Waals surface area contributed by atoms with Crippen LogP contribution in [-0.2, 0) is 4.79 Å². The highest BCUT2D eigenvalue weighted by Gasteiger charge is 2.28. The Morgan fingerprint density at radius 1 is 0.931 bits per heavy atom. The Labute approximate surface area is 172 Å². The fourth-order valence-corrected chi connectivity index (χ4v) is 3.53. The molecule has 0 heterocycles. The van der Waals surface area contributed by atoms with Gasteiger partial charge in [0.2, 0.25) is 5.91 Å². The van der Waals surface area contributed by atoms with Gasteiger partial charge in [0.25, 0.3) is 0 Å². The second kappa shape index (κ2) is 8.86. The molecule has 3 aromatic rings. The number of carbonyl (C=O) groups is 1. The highest BCUT2D eigenvalue weighted by atomic mass is 16.5. The average molecular weight is 392 g/mol. The Morgan fingerprint density at radius 2 is 1.66 bits per heavy atom. The summed E-state index contributed by atoms with van der Waals surface area (Å²) in [7, 11) is 6.81. The fraction of sp³-hybridized carbons (Fsp3) is 0.292. The molecule has 3 rings (SSSR count). The van der Waals surface area contributed by atoms with E-state index in [-0.39, 0.29) is 17.9 Å². The summed E-state index contributed by atoms with van der Waals surface area (Å²) in [5.41, 5.74) is 1.86. The first kappa shape index (κ1) is 20.5. The zero-order valence-electron chi connectivity index (χ0n) is 17.6. The molecule has 0 bridgehead atoms. The first-order valence-electron chi connectivity index (χ1n) is 9.63. The van der Waals surface area contributed by atoms with Gasteiger partial charge in [0.1, 0.15) is 11.5 Å². The first-order valence-corrected chi connectivity index (χ1v) is 9.63. The number of benzene rings is 3. The van der Waals surface area contributed by atoms with E-state index in [1.807, 2.05) is 37.3 Å². The Bertz CT molecular complexity index is 1000. The van der Waals surface area contributed by atoms with Crippen LogP contribution in [0.5, 0.6) is 11.5 Å². The molecule has 0 saturated carbocycles. The van der Waals surface area contributed by atoms with Crippen molar-refractivity contribution in [3.63, 3.8) is 0 Å². The van der Waals surface area contributed by atoms with Crippen LogP contribution in [0.1, 0.15) is 18.5 Å². The SMILES string of the molecule is COc1ccc(N[C@H](c2ccc3ccccc3c2)[C@@H](C)C(=O)N(C)C)c(OC)c1. The molecule has 0 aliphatic heterocycles. The van der Waals surface area contributed by atoms with Crippen molar-refractivity contribution in [1.82, 2.24) is 4.90 Å². The van der Waals surface area contributed by atoms with Gasteiger partial charge in [-0.2, -0.15) is 0 Å². The van der Waals surface area contributed by atoms with E-state index in [0.717, 1.165) is 16.6 Å². The van der Waals surface area contributed by atoms with E-state index >= 15 is 0 Å². The molecule has 0 aliphatic rings. The lowest BCUT2D eigenvalue weighted by molar-refractivity contribution is -0.132. The van der Waals surface area contributed by atoms with Crippen molar-refractivity contribution in [3.8, 4) is 11.5 Å². The zero-order chi connectivity index (χ0) is 21.0. The van der Waals surface area contributed by atoms with E-state index in [4.69, 9.17) is 9.47 Å². The lowest BCUT2D eigenvalue weighted by Gasteiger charge is -2.29. The van der Waals surface area contributed by atoms with Crippen LogP contribution in [-0.4, -0.2) is 39.1 Å². The van der Waals surface area contributed by atoms with Crippen molar-refractivity contribution in [1.29, 1.82) is 0 Å². The van der Waals surface area contributed by atoms with Gasteiger partial charge < -0.3 is 19.7 Å². The van der Waals surface area contributed by atoms with Gasteiger partial charge >= 0.3 is 0 Å². The van der Waals surface area contributed by atoms with Crippen molar-refractivity contribution in [2.45, 2.75) is 13.0 Å². The Hall–Kier alpha value is -3.21. The molecule has 3 aromatic carbocycles. The number of nitrogens with one attached hydrogen (secondary N) is 1. The maximum Gasteiger partial charge on any atom is 0.227 e. The molecule has 0 spiro atoms. The van der Waals surface area contributed by atoms with Gasteiger partial charge in [0, 0.05) is 20.2 Å². The molecule has 1 N–H and O–H groups in total. The van der Waals surface area contributed by atoms with Crippen LogP contribution < -0.4 is 14.8 Å². The third-order valence-corrected chi connectivity index (χ3v) is 5.18. The fourth-order valence-electron chi connectivity index (χ4n) is 3.53. The molecule has 29 heavy (non-hydrogen) atoms. The number of hydrogen-bond donors (Lipinski definition) is 1. The highest BCUT2D eigenvalue weighted by molar-refractivity contribution is 5.84. The van der Waals surface area contributed by atoms with Gasteiger partial charge in [0.05, 0.1) is 31.9 Å². The molecule has 0 aromatic heterocycles. The predicted molar refractivity (Wildman–Crippen MR) is 118 cm³/mol. The first-order chi connectivity index (χ1) is 13.9. The zero-order valence-corrected chi connectivity index (χ0v) is 17.6. The predicted octanol–water partition coefficient (Wildman–Crippen LogP) is 4.73. The summed E-state index contributed by atoms with van der Waals surface area (Å²) in [4.78, 5) is 14.4. The Balaban J connectivity index is 2.04. The number of ether oxygens (including phenoxy) is 2. The van der Waals surface area contributed by atoms with E-state index in [1.54, 1.807) is 33.2 Å². The van der Waals surface area contributed by atoms with E-state index in [1.165, 1.54) is 5.39 Å². The van der Waals surface area contributed by atoms with Crippen molar-refractivity contribution < 1.29 is 14.3 Å². The summed E-state index contributed by atoms with van der Waals surface area (Å²) in [5.74, 6) is 1.16. The molecule has 5 heteroatoms. The number of rotatable bonds is 7. The van der Waals surface area contributed by atoms with Crippen molar-refractivity contribution >= 4 is 22.4 Å². The maximum atomic E-state index is 12.8. The Morgan fingerprint density at radius 3 is 2.31 bits per heavy atom. The minimum Gasteiger partial charge on any atom is -0.497 e. The van der Waals surface area contributed by atoms with Crippen molar-refractivity contribution in [2.24, 2.45) is 5.92 Å². The van der Waals surface area contributed by atoms with E-state index in [0.29, 0.717) is 11.5 Å². The van der Waals surface area contributed by atoms with Crippen molar-refractivity contribution in [3.05, 3.63) is 66.2 Å². The second-order valence-electron chi connectivity index (χ2n) is 7.32. The summed E-state index contributed by atoms with van der Waals surface area (Å²) >= 11 is 0. The molecule has 2 atom stereocenters. The minimum atomic E-state index is -0.280. The molecule has 5 nitrogen and oxygen atoms in total. The molecular formula is C24H28N2O3. The van der Waals surface area contributed by atoms with Gasteiger partial charge in [-0.05, 0) is 34.5 Å². The van der Waals surface area contributed by atoms with Crippen molar-refractivity contribution in [2.75, 3.05) is 33.6 Å². The normalized spacial score (nSPS) is 12.9. The number of fused-ring (bicyclic) bond motifs is 1. The van der Waals surface area contributed by atoms with Crippen LogP contribution >= 0.6 is 0 Å². The third-order valence-electron chi connectivity index (χ3n) is 5.18. The molecule has 0 fully saturated rings. The smallest absolute Gasteiger partial charge is 0.227 e. The number of anilines is 1. The molecule has 0 aliphatic carbocycles. The summed E-state index contributed by atoms with van der Waals surface area (Å²) in [6.07, 6.45) is 0. The topological polar surface area (TPSA) is 50.8 Å². The van der Waals surface area contributed by atoms with Crippen LogP contribution in [0.25, 0.3) is 10.8 Å². The monoisotopic (exact) mass is 392 g/mol. The van der Waals surface area contributed by atoms with Gasteiger partial charge in [-0.25, -0.2) is 0 Å².